The highest BCUT2D eigenvalue weighted by Gasteiger charge is 2.19. The summed E-state index contributed by atoms with van der Waals surface area (Å²) < 4.78 is 16.3. The minimum absolute atomic E-state index is 0.224. The number of aromatic amines is 1. The van der Waals surface area contributed by atoms with E-state index in [1.165, 1.54) is 27.4 Å². The average Bonchev–Trinajstić information content (AvgIpc) is 2.73. The molecule has 1 heterocycles. The van der Waals surface area contributed by atoms with Gasteiger partial charge in [-0.05, 0) is 31.2 Å². The van der Waals surface area contributed by atoms with Crippen LogP contribution >= 0.6 is 0 Å². The maximum atomic E-state index is 12.6. The number of H-pyrrole nitrogens is 1. The molecular formula is C20H19N3O6. The number of rotatable bonds is 6. The molecule has 9 nitrogen and oxygen atoms in total. The van der Waals surface area contributed by atoms with E-state index >= 15 is 0 Å². The molecule has 3 aromatic rings. The fraction of sp³-hybridized carbons (Fsp3) is 0.200. The first-order valence-electron chi connectivity index (χ1n) is 8.66. The number of nitrogens with zero attached hydrogens (tertiary/aromatic N) is 2. The summed E-state index contributed by atoms with van der Waals surface area (Å²) in [6.07, 6.45) is 0.378. The molecule has 0 radical (unpaired) electrons. The molecule has 0 fully saturated rings. The van der Waals surface area contributed by atoms with Crippen molar-refractivity contribution in [1.29, 1.82) is 0 Å². The second kappa shape index (κ2) is 8.42. The lowest BCUT2D eigenvalue weighted by Gasteiger charge is -2.16. The third kappa shape index (κ3) is 4.03. The van der Waals surface area contributed by atoms with Gasteiger partial charge in [0.2, 0.25) is 0 Å². The van der Waals surface area contributed by atoms with E-state index in [-0.39, 0.29) is 5.75 Å². The first-order chi connectivity index (χ1) is 14.0. The molecule has 0 spiro atoms. The molecule has 1 N–H and O–H groups in total. The van der Waals surface area contributed by atoms with Crippen LogP contribution in [0.15, 0.2) is 57.2 Å². The zero-order valence-corrected chi connectivity index (χ0v) is 16.0. The second-order valence-corrected chi connectivity index (χ2v) is 6.00. The van der Waals surface area contributed by atoms with Crippen LogP contribution < -0.4 is 20.7 Å². The Morgan fingerprint density at radius 2 is 1.90 bits per heavy atom. The minimum atomic E-state index is -0.907. The van der Waals surface area contributed by atoms with E-state index in [9.17, 15) is 14.4 Å². The van der Waals surface area contributed by atoms with Crippen molar-refractivity contribution in [3.63, 3.8) is 0 Å². The predicted molar refractivity (Wildman–Crippen MR) is 107 cm³/mol. The molecule has 0 unspecified atom stereocenters. The number of hydrogen-bond donors (Lipinski definition) is 1. The van der Waals surface area contributed by atoms with Crippen molar-refractivity contribution in [3.05, 3.63) is 68.9 Å². The highest BCUT2D eigenvalue weighted by molar-refractivity contribution is 5.86. The summed E-state index contributed by atoms with van der Waals surface area (Å²) in [7, 11) is 2.70. The number of para-hydroxylation sites is 2. The van der Waals surface area contributed by atoms with Gasteiger partial charge in [0.1, 0.15) is 0 Å². The Kier molecular flexibility index (Phi) is 5.77. The summed E-state index contributed by atoms with van der Waals surface area (Å²) >= 11 is 0. The first kappa shape index (κ1) is 19.9. The van der Waals surface area contributed by atoms with Crippen LogP contribution in [-0.4, -0.2) is 42.2 Å². The largest absolute Gasteiger partial charge is 0.493 e. The van der Waals surface area contributed by atoms with Crippen molar-refractivity contribution in [2.45, 2.75) is 13.0 Å². The Morgan fingerprint density at radius 3 is 2.62 bits per heavy atom. The lowest BCUT2D eigenvalue weighted by atomic mass is 10.2. The number of benzene rings is 2. The molecule has 0 saturated heterocycles. The number of hydrogen-bond acceptors (Lipinski definition) is 7. The summed E-state index contributed by atoms with van der Waals surface area (Å²) in [5.41, 5.74) is -0.419. The molecule has 0 amide bonds. The number of aromatic nitrogens is 2. The van der Waals surface area contributed by atoms with Gasteiger partial charge in [-0.15, -0.1) is 4.68 Å². The zero-order valence-electron chi connectivity index (χ0n) is 16.0. The maximum Gasteiger partial charge on any atom is 0.349 e. The van der Waals surface area contributed by atoms with Gasteiger partial charge in [-0.3, -0.25) is 4.79 Å². The molecule has 29 heavy (non-hydrogen) atoms. The fourth-order valence-corrected chi connectivity index (χ4v) is 2.69. The third-order valence-corrected chi connectivity index (χ3v) is 4.15. The Balaban J connectivity index is 2.06. The number of fused-ring (bicyclic) bond motifs is 1. The van der Waals surface area contributed by atoms with Gasteiger partial charge >= 0.3 is 11.7 Å². The smallest absolute Gasteiger partial charge is 0.349 e. The van der Waals surface area contributed by atoms with E-state index in [4.69, 9.17) is 9.47 Å². The van der Waals surface area contributed by atoms with E-state index in [0.717, 1.165) is 4.68 Å². The van der Waals surface area contributed by atoms with Crippen LogP contribution in [0.25, 0.3) is 10.9 Å². The SMILES string of the molecule is COC(=O)[C@H](C)Oc1c(C=Nn2c(=O)[nH]c3ccccc3c2=O)cccc1OC. The molecule has 9 heteroatoms. The number of carbonyl (C=O) groups is 1. The maximum absolute atomic E-state index is 12.6. The second-order valence-electron chi connectivity index (χ2n) is 6.00. The Bertz CT molecular complexity index is 1190. The number of methoxy groups -OCH3 is 2. The molecule has 0 aliphatic carbocycles. The summed E-state index contributed by atoms with van der Waals surface area (Å²) in [4.78, 5) is 39.2. The standard InChI is InChI=1S/C20H19N3O6/c1-12(19(25)28-3)29-17-13(7-6-10-16(17)27-2)11-21-23-18(24)14-8-4-5-9-15(14)22-20(23)26/h4-12H,1-3H3,(H,22,26)/t12-/m0/s1. The normalized spacial score (nSPS) is 12.1. The van der Waals surface area contributed by atoms with Gasteiger partial charge in [-0.25, -0.2) is 9.59 Å². The van der Waals surface area contributed by atoms with Crippen molar-refractivity contribution in [2.24, 2.45) is 5.10 Å². The van der Waals surface area contributed by atoms with Crippen LogP contribution in [0, 0.1) is 0 Å². The number of nitrogens with one attached hydrogen (secondary N) is 1. The minimum Gasteiger partial charge on any atom is -0.493 e. The lowest BCUT2D eigenvalue weighted by Crippen LogP contribution is -2.32. The highest BCUT2D eigenvalue weighted by atomic mass is 16.6. The zero-order chi connectivity index (χ0) is 21.0. The van der Waals surface area contributed by atoms with Gasteiger partial charge in [-0.2, -0.15) is 5.10 Å². The van der Waals surface area contributed by atoms with Crippen molar-refractivity contribution >= 4 is 23.1 Å². The quantitative estimate of drug-likeness (QED) is 0.499. The van der Waals surface area contributed by atoms with Crippen LogP contribution in [0.1, 0.15) is 12.5 Å². The molecule has 0 aliphatic rings. The predicted octanol–water partition coefficient (Wildman–Crippen LogP) is 1.52. The molecule has 2 aromatic carbocycles. The molecule has 0 aliphatic heterocycles. The molecule has 150 valence electrons. The Hall–Kier alpha value is -3.88. The van der Waals surface area contributed by atoms with Crippen LogP contribution in [0.4, 0.5) is 0 Å². The topological polar surface area (TPSA) is 112 Å². The Morgan fingerprint density at radius 1 is 1.14 bits per heavy atom. The van der Waals surface area contributed by atoms with E-state index in [0.29, 0.717) is 22.2 Å². The van der Waals surface area contributed by atoms with Crippen molar-refractivity contribution < 1.29 is 19.0 Å². The van der Waals surface area contributed by atoms with E-state index in [1.54, 1.807) is 42.5 Å². The third-order valence-electron chi connectivity index (χ3n) is 4.15. The summed E-state index contributed by atoms with van der Waals surface area (Å²) in [5.74, 6) is 0.00683. The van der Waals surface area contributed by atoms with Crippen LogP contribution in [0.3, 0.4) is 0 Å². The molecule has 1 atom stereocenters. The lowest BCUT2D eigenvalue weighted by molar-refractivity contribution is -0.147. The van der Waals surface area contributed by atoms with Gasteiger partial charge < -0.3 is 19.2 Å². The van der Waals surface area contributed by atoms with E-state index < -0.39 is 23.3 Å². The highest BCUT2D eigenvalue weighted by Crippen LogP contribution is 2.31. The van der Waals surface area contributed by atoms with Crippen LogP contribution in [0.5, 0.6) is 11.5 Å². The monoisotopic (exact) mass is 397 g/mol. The molecular weight excluding hydrogens is 378 g/mol. The van der Waals surface area contributed by atoms with Crippen molar-refractivity contribution in [3.8, 4) is 11.5 Å². The number of esters is 1. The van der Waals surface area contributed by atoms with Crippen LogP contribution in [0.2, 0.25) is 0 Å². The number of ether oxygens (including phenoxy) is 3. The summed E-state index contributed by atoms with van der Waals surface area (Å²) in [5, 5.41) is 4.34. The first-order valence-corrected chi connectivity index (χ1v) is 8.66. The molecule has 1 aromatic heterocycles. The van der Waals surface area contributed by atoms with Gasteiger partial charge in [0.15, 0.2) is 17.6 Å². The molecule has 0 bridgehead atoms. The van der Waals surface area contributed by atoms with Gasteiger partial charge in [0.25, 0.3) is 5.56 Å². The average molecular weight is 397 g/mol. The summed E-state index contributed by atoms with van der Waals surface area (Å²) in [6.45, 7) is 1.53. The van der Waals surface area contributed by atoms with Crippen molar-refractivity contribution in [2.75, 3.05) is 14.2 Å². The van der Waals surface area contributed by atoms with Crippen molar-refractivity contribution in [1.82, 2.24) is 9.66 Å². The van der Waals surface area contributed by atoms with Gasteiger partial charge in [-0.1, -0.05) is 18.2 Å². The van der Waals surface area contributed by atoms with E-state index in [1.807, 2.05) is 0 Å². The van der Waals surface area contributed by atoms with E-state index in [2.05, 4.69) is 14.8 Å². The molecule has 0 saturated carbocycles. The Labute approximate surface area is 165 Å². The summed E-state index contributed by atoms with van der Waals surface area (Å²) in [6, 6.07) is 11.6. The van der Waals surface area contributed by atoms with Crippen LogP contribution in [-0.2, 0) is 9.53 Å². The molecule has 3 rings (SSSR count). The fourth-order valence-electron chi connectivity index (χ4n) is 2.69. The van der Waals surface area contributed by atoms with Gasteiger partial charge in [0, 0.05) is 5.56 Å². The number of carbonyl (C=O) groups excluding carboxylic acids is 1. The van der Waals surface area contributed by atoms with Gasteiger partial charge in [0.05, 0.1) is 31.3 Å².